The minimum atomic E-state index is -0.101. The Kier molecular flexibility index (Phi) is 6.42. The summed E-state index contributed by atoms with van der Waals surface area (Å²) in [6, 6.07) is 0. The summed E-state index contributed by atoms with van der Waals surface area (Å²) in [6.07, 6.45) is 1.29. The van der Waals surface area contributed by atoms with Gasteiger partial charge in [-0.2, -0.15) is 0 Å². The maximum absolute atomic E-state index is 11.2. The number of carbonyl (C=O) groups is 2. The molecule has 1 N–H and O–H groups in total. The van der Waals surface area contributed by atoms with Gasteiger partial charge in [0.15, 0.2) is 0 Å². The van der Waals surface area contributed by atoms with E-state index in [4.69, 9.17) is 0 Å². The molecule has 0 bridgehead atoms. The average Bonchev–Trinajstić information content (AvgIpc) is 2.22. The number of nitrogens with zero attached hydrogens (tertiary/aromatic N) is 1. The molecule has 2 amide bonds. The minimum Gasteiger partial charge on any atom is -0.354 e. The van der Waals surface area contributed by atoms with E-state index in [1.165, 1.54) is 6.08 Å². The molecule has 0 aliphatic carbocycles. The second-order valence-corrected chi connectivity index (χ2v) is 3.57. The van der Waals surface area contributed by atoms with E-state index in [0.29, 0.717) is 19.6 Å². The highest BCUT2D eigenvalue weighted by atomic mass is 16.2. The van der Waals surface area contributed by atoms with Crippen LogP contribution in [0.4, 0.5) is 0 Å². The Morgan fingerprint density at radius 3 is 2.47 bits per heavy atom. The predicted molar refractivity (Wildman–Crippen MR) is 60.3 cm³/mol. The highest BCUT2D eigenvalue weighted by Crippen LogP contribution is 1.92. The third-order valence-corrected chi connectivity index (χ3v) is 2.07. The zero-order valence-corrected chi connectivity index (χ0v) is 9.75. The van der Waals surface area contributed by atoms with E-state index < -0.39 is 0 Å². The number of hydrogen-bond acceptors (Lipinski definition) is 2. The lowest BCUT2D eigenvalue weighted by Gasteiger charge is -2.19. The first kappa shape index (κ1) is 13.7. The summed E-state index contributed by atoms with van der Waals surface area (Å²) in [7, 11) is 0. The molecule has 0 aliphatic heterocycles. The van der Waals surface area contributed by atoms with Crippen molar-refractivity contribution in [3.05, 3.63) is 12.7 Å². The Bertz CT molecular complexity index is 237. The van der Waals surface area contributed by atoms with E-state index in [1.807, 2.05) is 20.8 Å². The predicted octanol–water partition coefficient (Wildman–Crippen LogP) is 0.793. The summed E-state index contributed by atoms with van der Waals surface area (Å²) >= 11 is 0. The van der Waals surface area contributed by atoms with Gasteiger partial charge in [0.25, 0.3) is 0 Å². The molecule has 0 saturated heterocycles. The molecule has 86 valence electrons. The van der Waals surface area contributed by atoms with E-state index in [-0.39, 0.29) is 17.7 Å². The molecule has 0 spiro atoms. The van der Waals surface area contributed by atoms with Gasteiger partial charge in [0.2, 0.25) is 11.8 Å². The van der Waals surface area contributed by atoms with Crippen molar-refractivity contribution in [3.8, 4) is 0 Å². The molecule has 0 aromatic heterocycles. The number of carbonyl (C=O) groups excluding carboxylic acids is 2. The summed E-state index contributed by atoms with van der Waals surface area (Å²) in [5, 5.41) is 2.76. The number of likely N-dealkylation sites (N-methyl/N-ethyl adjacent to an activating group) is 1. The molecular formula is C11H20N2O2. The van der Waals surface area contributed by atoms with Gasteiger partial charge in [-0.3, -0.25) is 9.59 Å². The van der Waals surface area contributed by atoms with E-state index >= 15 is 0 Å². The summed E-state index contributed by atoms with van der Waals surface area (Å²) in [4.78, 5) is 24.1. The molecule has 0 rings (SSSR count). The van der Waals surface area contributed by atoms with Crippen LogP contribution in [0.15, 0.2) is 12.7 Å². The van der Waals surface area contributed by atoms with Crippen molar-refractivity contribution in [2.75, 3.05) is 19.6 Å². The van der Waals surface area contributed by atoms with Gasteiger partial charge in [-0.05, 0) is 13.0 Å². The zero-order chi connectivity index (χ0) is 11.8. The van der Waals surface area contributed by atoms with Crippen molar-refractivity contribution in [2.24, 2.45) is 5.92 Å². The molecule has 0 unspecified atom stereocenters. The van der Waals surface area contributed by atoms with Gasteiger partial charge in [-0.25, -0.2) is 0 Å². The fourth-order valence-electron chi connectivity index (χ4n) is 1.07. The van der Waals surface area contributed by atoms with Crippen LogP contribution in [0.1, 0.15) is 20.8 Å². The average molecular weight is 212 g/mol. The van der Waals surface area contributed by atoms with Gasteiger partial charge >= 0.3 is 0 Å². The lowest BCUT2D eigenvalue weighted by Crippen LogP contribution is -2.38. The van der Waals surface area contributed by atoms with Gasteiger partial charge in [0.1, 0.15) is 0 Å². The molecule has 0 aliphatic rings. The minimum absolute atomic E-state index is 0.0112. The van der Waals surface area contributed by atoms with Gasteiger partial charge in [0, 0.05) is 25.6 Å². The van der Waals surface area contributed by atoms with Crippen molar-refractivity contribution in [1.82, 2.24) is 10.2 Å². The quantitative estimate of drug-likeness (QED) is 0.662. The van der Waals surface area contributed by atoms with Crippen LogP contribution >= 0.6 is 0 Å². The van der Waals surface area contributed by atoms with E-state index in [1.54, 1.807) is 4.90 Å². The number of nitrogens with one attached hydrogen (secondary N) is 1. The molecule has 0 aromatic rings. The van der Waals surface area contributed by atoms with Gasteiger partial charge < -0.3 is 10.2 Å². The monoisotopic (exact) mass is 212 g/mol. The second kappa shape index (κ2) is 7.04. The second-order valence-electron chi connectivity index (χ2n) is 3.57. The van der Waals surface area contributed by atoms with Crippen LogP contribution < -0.4 is 5.32 Å². The Hall–Kier alpha value is -1.32. The number of hydrogen-bond donors (Lipinski definition) is 1. The van der Waals surface area contributed by atoms with Gasteiger partial charge in [-0.15, -0.1) is 0 Å². The summed E-state index contributed by atoms with van der Waals surface area (Å²) in [5.41, 5.74) is 0. The third-order valence-electron chi connectivity index (χ3n) is 2.07. The molecular weight excluding hydrogens is 192 g/mol. The SMILES string of the molecule is C=CC(=O)N(CC)CCNC(=O)C(C)C. The lowest BCUT2D eigenvalue weighted by molar-refractivity contribution is -0.127. The van der Waals surface area contributed by atoms with Crippen LogP contribution in [-0.2, 0) is 9.59 Å². The first-order valence-corrected chi connectivity index (χ1v) is 5.22. The maximum Gasteiger partial charge on any atom is 0.246 e. The van der Waals surface area contributed by atoms with Crippen LogP contribution in [0.5, 0.6) is 0 Å². The molecule has 0 fully saturated rings. The molecule has 0 heterocycles. The summed E-state index contributed by atoms with van der Waals surface area (Å²) in [6.45, 7) is 10.6. The van der Waals surface area contributed by atoms with Crippen molar-refractivity contribution in [1.29, 1.82) is 0 Å². The third kappa shape index (κ3) is 5.20. The highest BCUT2D eigenvalue weighted by molar-refractivity contribution is 5.87. The number of rotatable bonds is 6. The molecule has 4 nitrogen and oxygen atoms in total. The van der Waals surface area contributed by atoms with E-state index in [9.17, 15) is 9.59 Å². The Labute approximate surface area is 91.3 Å². The summed E-state index contributed by atoms with van der Waals surface area (Å²) < 4.78 is 0. The smallest absolute Gasteiger partial charge is 0.246 e. The molecule has 0 atom stereocenters. The first-order chi connectivity index (χ1) is 7.02. The molecule has 4 heteroatoms. The Balaban J connectivity index is 3.87. The van der Waals surface area contributed by atoms with Crippen molar-refractivity contribution >= 4 is 11.8 Å². The topological polar surface area (TPSA) is 49.4 Å². The first-order valence-electron chi connectivity index (χ1n) is 5.22. The fraction of sp³-hybridized carbons (Fsp3) is 0.636. The molecule has 0 saturated carbocycles. The Morgan fingerprint density at radius 1 is 1.47 bits per heavy atom. The van der Waals surface area contributed by atoms with Gasteiger partial charge in [-0.1, -0.05) is 20.4 Å². The largest absolute Gasteiger partial charge is 0.354 e. The van der Waals surface area contributed by atoms with Crippen LogP contribution in [0, 0.1) is 5.92 Å². The van der Waals surface area contributed by atoms with Gasteiger partial charge in [0.05, 0.1) is 0 Å². The standard InChI is InChI=1S/C11H20N2O2/c1-5-10(14)13(6-2)8-7-12-11(15)9(3)4/h5,9H,1,6-8H2,2-4H3,(H,12,15). The van der Waals surface area contributed by atoms with Crippen LogP contribution in [0.3, 0.4) is 0 Å². The van der Waals surface area contributed by atoms with Crippen molar-refractivity contribution in [2.45, 2.75) is 20.8 Å². The maximum atomic E-state index is 11.2. The van der Waals surface area contributed by atoms with Crippen molar-refractivity contribution < 1.29 is 9.59 Å². The molecule has 0 aromatic carbocycles. The van der Waals surface area contributed by atoms with Crippen LogP contribution in [0.25, 0.3) is 0 Å². The van der Waals surface area contributed by atoms with Crippen molar-refractivity contribution in [3.63, 3.8) is 0 Å². The highest BCUT2D eigenvalue weighted by Gasteiger charge is 2.09. The lowest BCUT2D eigenvalue weighted by atomic mass is 10.2. The van der Waals surface area contributed by atoms with Crippen LogP contribution in [0.2, 0.25) is 0 Å². The summed E-state index contributed by atoms with van der Waals surface area (Å²) in [5.74, 6) is -0.108. The molecule has 0 radical (unpaired) electrons. The van der Waals surface area contributed by atoms with E-state index in [0.717, 1.165) is 0 Å². The van der Waals surface area contributed by atoms with E-state index in [2.05, 4.69) is 11.9 Å². The molecule has 15 heavy (non-hydrogen) atoms. The fourth-order valence-corrected chi connectivity index (χ4v) is 1.07. The normalized spacial score (nSPS) is 9.87. The Morgan fingerprint density at radius 2 is 2.07 bits per heavy atom. The van der Waals surface area contributed by atoms with Crippen LogP contribution in [-0.4, -0.2) is 36.3 Å². The zero-order valence-electron chi connectivity index (χ0n) is 9.75. The number of amides is 2.